The third-order valence-corrected chi connectivity index (χ3v) is 7.47. The molecule has 0 spiro atoms. The van der Waals surface area contributed by atoms with Crippen LogP contribution >= 0.6 is 0 Å². The summed E-state index contributed by atoms with van der Waals surface area (Å²) in [6.45, 7) is 1.56. The molecule has 3 amide bonds. The number of carbonyl (C=O) groups is 3. The number of methoxy groups -OCH3 is 1. The zero-order valence-electron chi connectivity index (χ0n) is 24.6. The molecule has 1 unspecified atom stereocenters. The molecule has 1 fully saturated rings. The van der Waals surface area contributed by atoms with E-state index in [9.17, 15) is 14.4 Å². The maximum atomic E-state index is 13.0. The van der Waals surface area contributed by atoms with Crippen molar-refractivity contribution in [3.8, 4) is 17.2 Å². The first-order valence-corrected chi connectivity index (χ1v) is 14.3. The zero-order valence-corrected chi connectivity index (χ0v) is 24.6. The standard InChI is InChI=1S/C32H35N5O7/c1-33-32(41)37-12-9-24-17-28(27(20-26(24)37)43-16-15-42-2)44-25-7-10-34-29(19-25)35-31(40)22-5-3-21(4-6-22)23-8-11-36(13-14-38)30(39)18-23/h3-7,9-10,12,17,19-20,23,38H,8,11,13-16,18H2,1-2H3,(H,33,41)(H,34,35,40). The summed E-state index contributed by atoms with van der Waals surface area (Å²) in [6.07, 6.45) is 4.38. The molecule has 0 saturated carbocycles. The second-order valence-electron chi connectivity index (χ2n) is 10.3. The van der Waals surface area contributed by atoms with Gasteiger partial charge in [0.25, 0.3) is 5.91 Å². The van der Waals surface area contributed by atoms with Gasteiger partial charge in [0.15, 0.2) is 11.5 Å². The van der Waals surface area contributed by atoms with Crippen molar-refractivity contribution in [3.63, 3.8) is 0 Å². The number of aliphatic hydroxyl groups excluding tert-OH is 1. The van der Waals surface area contributed by atoms with Crippen LogP contribution in [0.15, 0.2) is 67.0 Å². The van der Waals surface area contributed by atoms with Crippen LogP contribution in [0.2, 0.25) is 0 Å². The van der Waals surface area contributed by atoms with Crippen LogP contribution in [-0.2, 0) is 9.53 Å². The van der Waals surface area contributed by atoms with E-state index < -0.39 is 0 Å². The average molecular weight is 602 g/mol. The summed E-state index contributed by atoms with van der Waals surface area (Å²) in [5.41, 5.74) is 2.10. The predicted molar refractivity (Wildman–Crippen MR) is 164 cm³/mol. The largest absolute Gasteiger partial charge is 0.487 e. The van der Waals surface area contributed by atoms with Crippen LogP contribution in [0.4, 0.5) is 10.6 Å². The number of benzene rings is 2. The Kier molecular flexibility index (Phi) is 9.72. The lowest BCUT2D eigenvalue weighted by atomic mass is 9.88. The Morgan fingerprint density at radius 2 is 1.89 bits per heavy atom. The highest BCUT2D eigenvalue weighted by molar-refractivity contribution is 6.03. The number of aromatic nitrogens is 2. The van der Waals surface area contributed by atoms with Gasteiger partial charge in [0.05, 0.1) is 18.7 Å². The number of hydrogen-bond donors (Lipinski definition) is 3. The fourth-order valence-corrected chi connectivity index (χ4v) is 5.15. The lowest BCUT2D eigenvalue weighted by molar-refractivity contribution is -0.134. The quantitative estimate of drug-likeness (QED) is 0.219. The van der Waals surface area contributed by atoms with Gasteiger partial charge in [-0.3, -0.25) is 14.2 Å². The molecule has 1 atom stereocenters. The molecular weight excluding hydrogens is 566 g/mol. The van der Waals surface area contributed by atoms with Gasteiger partial charge in [-0.2, -0.15) is 0 Å². The van der Waals surface area contributed by atoms with Crippen molar-refractivity contribution in [1.29, 1.82) is 0 Å². The van der Waals surface area contributed by atoms with E-state index >= 15 is 0 Å². The van der Waals surface area contributed by atoms with Crippen molar-refractivity contribution in [3.05, 3.63) is 78.1 Å². The monoisotopic (exact) mass is 601 g/mol. The molecule has 3 N–H and O–H groups in total. The van der Waals surface area contributed by atoms with E-state index in [4.69, 9.17) is 19.3 Å². The van der Waals surface area contributed by atoms with Crippen molar-refractivity contribution in [2.45, 2.75) is 18.8 Å². The normalized spacial score (nSPS) is 14.8. The van der Waals surface area contributed by atoms with Gasteiger partial charge in [-0.05, 0) is 48.2 Å². The first-order valence-electron chi connectivity index (χ1n) is 14.3. The Morgan fingerprint density at radius 1 is 1.07 bits per heavy atom. The number of fused-ring (bicyclic) bond motifs is 1. The van der Waals surface area contributed by atoms with Gasteiger partial charge in [-0.25, -0.2) is 9.78 Å². The SMILES string of the molecule is CNC(=O)n1ccc2cc(Oc3ccnc(NC(=O)c4ccc(C5CCN(CCO)C(=O)C5)cc4)c3)c(OCCOC)cc21. The van der Waals surface area contributed by atoms with Crippen LogP contribution in [0.1, 0.15) is 34.7 Å². The Morgan fingerprint density at radius 3 is 2.61 bits per heavy atom. The summed E-state index contributed by atoms with van der Waals surface area (Å²) < 4.78 is 18.7. The Hall–Kier alpha value is -4.94. The lowest BCUT2D eigenvalue weighted by Crippen LogP contribution is -2.39. The number of pyridine rings is 1. The Labute approximate surface area is 254 Å². The van der Waals surface area contributed by atoms with Crippen LogP contribution < -0.4 is 20.1 Å². The van der Waals surface area contributed by atoms with E-state index in [2.05, 4.69) is 15.6 Å². The second-order valence-corrected chi connectivity index (χ2v) is 10.3. The number of hydrogen-bond acceptors (Lipinski definition) is 8. The molecule has 230 valence electrons. The summed E-state index contributed by atoms with van der Waals surface area (Å²) in [4.78, 5) is 43.6. The fraction of sp³-hybridized carbons (Fsp3) is 0.312. The second kappa shape index (κ2) is 14.0. The number of likely N-dealkylation sites (tertiary alicyclic amines) is 1. The third-order valence-electron chi connectivity index (χ3n) is 7.47. The summed E-state index contributed by atoms with van der Waals surface area (Å²) in [6, 6.07) is 15.5. The highest BCUT2D eigenvalue weighted by Crippen LogP contribution is 2.37. The highest BCUT2D eigenvalue weighted by Gasteiger charge is 2.26. The van der Waals surface area contributed by atoms with Crippen LogP contribution in [0.25, 0.3) is 10.9 Å². The van der Waals surface area contributed by atoms with Crippen molar-refractivity contribution in [2.75, 3.05) is 52.4 Å². The van der Waals surface area contributed by atoms with E-state index in [1.807, 2.05) is 12.1 Å². The van der Waals surface area contributed by atoms with Crippen molar-refractivity contribution in [2.24, 2.45) is 0 Å². The number of carbonyl (C=O) groups excluding carboxylic acids is 3. The summed E-state index contributed by atoms with van der Waals surface area (Å²) in [7, 11) is 3.14. The first kappa shape index (κ1) is 30.5. The van der Waals surface area contributed by atoms with Gasteiger partial charge >= 0.3 is 6.03 Å². The van der Waals surface area contributed by atoms with Crippen molar-refractivity contribution < 1.29 is 33.7 Å². The van der Waals surface area contributed by atoms with Crippen LogP contribution in [0, 0.1) is 0 Å². The molecule has 1 saturated heterocycles. The minimum atomic E-state index is -0.337. The zero-order chi connectivity index (χ0) is 31.1. The van der Waals surface area contributed by atoms with E-state index in [-0.39, 0.29) is 37.0 Å². The van der Waals surface area contributed by atoms with E-state index in [1.54, 1.807) is 67.7 Å². The van der Waals surface area contributed by atoms with Gasteiger partial charge in [-0.1, -0.05) is 12.1 Å². The number of amides is 3. The molecule has 2 aromatic heterocycles. The third kappa shape index (κ3) is 6.99. The van der Waals surface area contributed by atoms with Crippen LogP contribution in [-0.4, -0.2) is 84.5 Å². The smallest absolute Gasteiger partial charge is 0.325 e. The van der Waals surface area contributed by atoms with Crippen molar-refractivity contribution >= 4 is 34.6 Å². The molecule has 1 aliphatic heterocycles. The van der Waals surface area contributed by atoms with Crippen LogP contribution in [0.5, 0.6) is 17.2 Å². The number of anilines is 1. The van der Waals surface area contributed by atoms with Gasteiger partial charge in [0.2, 0.25) is 5.91 Å². The molecule has 12 heteroatoms. The number of ether oxygens (including phenoxy) is 3. The van der Waals surface area contributed by atoms with Crippen molar-refractivity contribution in [1.82, 2.24) is 19.8 Å². The number of nitrogens with one attached hydrogen (secondary N) is 2. The minimum absolute atomic E-state index is 0.0289. The first-order chi connectivity index (χ1) is 21.4. The summed E-state index contributed by atoms with van der Waals surface area (Å²) in [5.74, 6) is 1.33. The molecule has 12 nitrogen and oxygen atoms in total. The lowest BCUT2D eigenvalue weighted by Gasteiger charge is -2.31. The highest BCUT2D eigenvalue weighted by atomic mass is 16.5. The summed E-state index contributed by atoms with van der Waals surface area (Å²) in [5, 5.41) is 15.3. The molecule has 2 aromatic carbocycles. The van der Waals surface area contributed by atoms with Gasteiger partial charge < -0.3 is 34.9 Å². The topological polar surface area (TPSA) is 144 Å². The van der Waals surface area contributed by atoms with Gasteiger partial charge in [0, 0.05) is 69.1 Å². The molecule has 5 rings (SSSR count). The molecule has 3 heterocycles. The molecule has 1 aliphatic rings. The molecule has 0 aliphatic carbocycles. The molecule has 4 aromatic rings. The fourth-order valence-electron chi connectivity index (χ4n) is 5.15. The Bertz CT molecular complexity index is 1640. The maximum absolute atomic E-state index is 13.0. The summed E-state index contributed by atoms with van der Waals surface area (Å²) >= 11 is 0. The van der Waals surface area contributed by atoms with E-state index in [0.717, 1.165) is 17.4 Å². The maximum Gasteiger partial charge on any atom is 0.325 e. The average Bonchev–Trinajstić information content (AvgIpc) is 3.45. The molecule has 44 heavy (non-hydrogen) atoms. The van der Waals surface area contributed by atoms with E-state index in [0.29, 0.717) is 60.3 Å². The number of aliphatic hydroxyl groups is 1. The van der Waals surface area contributed by atoms with Crippen LogP contribution in [0.3, 0.4) is 0 Å². The molecular formula is C32H35N5O7. The number of nitrogens with zero attached hydrogens (tertiary/aromatic N) is 3. The van der Waals surface area contributed by atoms with Gasteiger partial charge in [0.1, 0.15) is 18.2 Å². The molecule has 0 bridgehead atoms. The minimum Gasteiger partial charge on any atom is -0.487 e. The van der Waals surface area contributed by atoms with E-state index in [1.165, 1.54) is 10.8 Å². The van der Waals surface area contributed by atoms with Gasteiger partial charge in [-0.15, -0.1) is 0 Å². The number of piperidine rings is 1. The molecule has 0 radical (unpaired) electrons. The number of β-amino-alcohol motifs (C(OH)–C–C–N with tert-alkyl or cyclic N) is 1. The Balaban J connectivity index is 1.28. The number of rotatable bonds is 11. The predicted octanol–water partition coefficient (Wildman–Crippen LogP) is 3.99.